The highest BCUT2D eigenvalue weighted by molar-refractivity contribution is 5.86. The predicted molar refractivity (Wildman–Crippen MR) is 111 cm³/mol. The molecule has 5 heteroatoms. The summed E-state index contributed by atoms with van der Waals surface area (Å²) in [6.45, 7) is 1.95. The summed E-state index contributed by atoms with van der Waals surface area (Å²) in [5.74, 6) is 1.68. The number of anilines is 1. The molecule has 0 fully saturated rings. The molecule has 0 saturated heterocycles. The first-order valence-corrected chi connectivity index (χ1v) is 9.06. The molecule has 0 aliphatic rings. The van der Waals surface area contributed by atoms with Crippen molar-refractivity contribution in [3.8, 4) is 11.5 Å². The number of phenolic OH excluding ortho intramolecular Hbond substituents is 1. The van der Waals surface area contributed by atoms with Crippen molar-refractivity contribution in [3.63, 3.8) is 0 Å². The zero-order valence-corrected chi connectivity index (χ0v) is 15.8. The molecule has 1 atom stereocenters. The van der Waals surface area contributed by atoms with E-state index in [4.69, 9.17) is 4.74 Å². The zero-order valence-electron chi connectivity index (χ0n) is 15.8. The molecule has 0 unspecified atom stereocenters. The van der Waals surface area contributed by atoms with Crippen molar-refractivity contribution in [2.75, 3.05) is 12.4 Å². The Bertz CT molecular complexity index is 1110. The van der Waals surface area contributed by atoms with E-state index in [9.17, 15) is 5.11 Å². The van der Waals surface area contributed by atoms with Crippen molar-refractivity contribution in [1.29, 1.82) is 0 Å². The lowest BCUT2D eigenvalue weighted by molar-refractivity contribution is 0.414. The maximum atomic E-state index is 11.0. The molecular weight excluding hydrogens is 350 g/mol. The van der Waals surface area contributed by atoms with Gasteiger partial charge >= 0.3 is 0 Å². The minimum atomic E-state index is -0.299. The summed E-state index contributed by atoms with van der Waals surface area (Å²) in [6.07, 6.45) is 1.68. The van der Waals surface area contributed by atoms with Gasteiger partial charge in [-0.05, 0) is 42.8 Å². The van der Waals surface area contributed by atoms with Gasteiger partial charge in [0.2, 0.25) is 0 Å². The van der Waals surface area contributed by atoms with Gasteiger partial charge < -0.3 is 15.2 Å². The Balaban J connectivity index is 1.83. The average Bonchev–Trinajstić information content (AvgIpc) is 2.73. The van der Waals surface area contributed by atoms with E-state index in [0.717, 1.165) is 33.8 Å². The number of nitrogens with zero attached hydrogens (tertiary/aromatic N) is 2. The van der Waals surface area contributed by atoms with Crippen molar-refractivity contribution in [3.05, 3.63) is 89.7 Å². The fraction of sp³-hybridized carbons (Fsp3) is 0.130. The van der Waals surface area contributed by atoms with Crippen molar-refractivity contribution in [1.82, 2.24) is 9.97 Å². The van der Waals surface area contributed by atoms with E-state index in [1.165, 1.54) is 0 Å². The van der Waals surface area contributed by atoms with Gasteiger partial charge in [-0.1, -0.05) is 36.4 Å². The first-order valence-electron chi connectivity index (χ1n) is 9.06. The van der Waals surface area contributed by atoms with Gasteiger partial charge in [-0.15, -0.1) is 0 Å². The predicted octanol–water partition coefficient (Wildman–Crippen LogP) is 4.85. The number of methoxy groups -OCH3 is 1. The molecule has 2 heterocycles. The fourth-order valence-electron chi connectivity index (χ4n) is 3.29. The normalized spacial score (nSPS) is 11.9. The Morgan fingerprint density at radius 2 is 1.79 bits per heavy atom. The molecule has 140 valence electrons. The summed E-state index contributed by atoms with van der Waals surface area (Å²) in [6, 6.07) is 21.0. The van der Waals surface area contributed by atoms with Crippen molar-refractivity contribution >= 4 is 16.7 Å². The lowest BCUT2D eigenvalue weighted by Gasteiger charge is -2.22. The smallest absolute Gasteiger partial charge is 0.147 e. The van der Waals surface area contributed by atoms with Gasteiger partial charge in [0.25, 0.3) is 0 Å². The zero-order chi connectivity index (χ0) is 19.5. The van der Waals surface area contributed by atoms with E-state index in [-0.39, 0.29) is 11.8 Å². The first kappa shape index (κ1) is 17.8. The fourth-order valence-corrected chi connectivity index (χ4v) is 3.29. The maximum absolute atomic E-state index is 11.0. The van der Waals surface area contributed by atoms with Gasteiger partial charge in [0.1, 0.15) is 22.8 Å². The number of phenols is 1. The lowest BCUT2D eigenvalue weighted by atomic mass is 9.96. The van der Waals surface area contributed by atoms with Gasteiger partial charge in [-0.2, -0.15) is 0 Å². The van der Waals surface area contributed by atoms with Gasteiger partial charge in [-0.25, -0.2) is 4.98 Å². The summed E-state index contributed by atoms with van der Waals surface area (Å²) in [5.41, 5.74) is 3.22. The Morgan fingerprint density at radius 1 is 0.964 bits per heavy atom. The SMILES string of the molecule is COc1ccc([C@H](Nc2cccc(C)n2)c2ccc3cccnc3c2O)cc1. The molecule has 5 nitrogen and oxygen atoms in total. The van der Waals surface area contributed by atoms with E-state index < -0.39 is 0 Å². The summed E-state index contributed by atoms with van der Waals surface area (Å²) in [5, 5.41) is 15.3. The van der Waals surface area contributed by atoms with Crippen LogP contribution in [-0.4, -0.2) is 22.2 Å². The summed E-state index contributed by atoms with van der Waals surface area (Å²) >= 11 is 0. The topological polar surface area (TPSA) is 67.3 Å². The van der Waals surface area contributed by atoms with Crippen LogP contribution in [0.2, 0.25) is 0 Å². The molecule has 0 aliphatic carbocycles. The van der Waals surface area contributed by atoms with Crippen LogP contribution in [-0.2, 0) is 0 Å². The average molecular weight is 371 g/mol. The van der Waals surface area contributed by atoms with Gasteiger partial charge in [0.05, 0.1) is 13.2 Å². The van der Waals surface area contributed by atoms with Crippen LogP contribution in [0.25, 0.3) is 10.9 Å². The Morgan fingerprint density at radius 3 is 2.54 bits per heavy atom. The Kier molecular flexibility index (Phi) is 4.81. The molecule has 0 spiro atoms. The molecule has 4 aromatic rings. The second-order valence-electron chi connectivity index (χ2n) is 6.59. The van der Waals surface area contributed by atoms with Crippen LogP contribution in [0.15, 0.2) is 72.9 Å². The quantitative estimate of drug-likeness (QED) is 0.525. The highest BCUT2D eigenvalue weighted by Crippen LogP contribution is 2.36. The highest BCUT2D eigenvalue weighted by atomic mass is 16.5. The third kappa shape index (κ3) is 3.47. The number of aryl methyl sites for hydroxylation is 1. The standard InChI is InChI=1S/C23H21N3O2/c1-15-5-3-7-20(25-15)26-21(17-8-11-18(28-2)12-9-17)19-13-10-16-6-4-14-24-22(16)23(19)27/h3-14,21,27H,1-2H3,(H,25,26)/t21-/m0/s1. The van der Waals surface area contributed by atoms with Crippen LogP contribution in [0.5, 0.6) is 11.5 Å². The molecule has 0 radical (unpaired) electrons. The molecule has 0 bridgehead atoms. The summed E-state index contributed by atoms with van der Waals surface area (Å²) in [4.78, 5) is 8.91. The van der Waals surface area contributed by atoms with Crippen LogP contribution >= 0.6 is 0 Å². The van der Waals surface area contributed by atoms with Crippen LogP contribution < -0.4 is 10.1 Å². The minimum absolute atomic E-state index is 0.166. The molecule has 0 saturated carbocycles. The van der Waals surface area contributed by atoms with Crippen LogP contribution in [0.3, 0.4) is 0 Å². The number of hydrogen-bond acceptors (Lipinski definition) is 5. The second kappa shape index (κ2) is 7.56. The molecule has 0 aliphatic heterocycles. The number of pyridine rings is 2. The number of hydrogen-bond donors (Lipinski definition) is 2. The molecule has 0 amide bonds. The number of ether oxygens (including phenoxy) is 1. The third-order valence-corrected chi connectivity index (χ3v) is 4.72. The number of benzene rings is 2. The molecule has 2 aromatic heterocycles. The van der Waals surface area contributed by atoms with E-state index in [0.29, 0.717) is 5.52 Å². The van der Waals surface area contributed by atoms with E-state index in [2.05, 4.69) is 15.3 Å². The number of fused-ring (bicyclic) bond motifs is 1. The third-order valence-electron chi connectivity index (χ3n) is 4.72. The van der Waals surface area contributed by atoms with Crippen molar-refractivity contribution in [2.24, 2.45) is 0 Å². The van der Waals surface area contributed by atoms with Crippen LogP contribution in [0, 0.1) is 6.92 Å². The van der Waals surface area contributed by atoms with Crippen LogP contribution in [0.1, 0.15) is 22.9 Å². The van der Waals surface area contributed by atoms with E-state index in [1.807, 2.05) is 73.7 Å². The highest BCUT2D eigenvalue weighted by Gasteiger charge is 2.20. The van der Waals surface area contributed by atoms with E-state index >= 15 is 0 Å². The molecule has 2 aromatic carbocycles. The number of rotatable bonds is 5. The van der Waals surface area contributed by atoms with Gasteiger partial charge in [0.15, 0.2) is 0 Å². The van der Waals surface area contributed by atoms with Crippen LogP contribution in [0.4, 0.5) is 5.82 Å². The minimum Gasteiger partial charge on any atom is -0.505 e. The Hall–Kier alpha value is -3.60. The van der Waals surface area contributed by atoms with Crippen molar-refractivity contribution in [2.45, 2.75) is 13.0 Å². The number of aromatic hydroxyl groups is 1. The summed E-state index contributed by atoms with van der Waals surface area (Å²) in [7, 11) is 1.64. The Labute approximate surface area is 163 Å². The van der Waals surface area contributed by atoms with Gasteiger partial charge in [0, 0.05) is 22.8 Å². The van der Waals surface area contributed by atoms with Crippen molar-refractivity contribution < 1.29 is 9.84 Å². The molecular formula is C23H21N3O2. The maximum Gasteiger partial charge on any atom is 0.147 e. The number of aromatic nitrogens is 2. The van der Waals surface area contributed by atoms with E-state index in [1.54, 1.807) is 13.3 Å². The second-order valence-corrected chi connectivity index (χ2v) is 6.59. The largest absolute Gasteiger partial charge is 0.505 e. The molecule has 4 rings (SSSR count). The molecule has 28 heavy (non-hydrogen) atoms. The lowest BCUT2D eigenvalue weighted by Crippen LogP contribution is -2.14. The monoisotopic (exact) mass is 371 g/mol. The number of nitrogens with one attached hydrogen (secondary N) is 1. The summed E-state index contributed by atoms with van der Waals surface area (Å²) < 4.78 is 5.28. The van der Waals surface area contributed by atoms with Gasteiger partial charge in [-0.3, -0.25) is 4.98 Å². The molecule has 2 N–H and O–H groups in total. The first-order chi connectivity index (χ1) is 13.7.